The summed E-state index contributed by atoms with van der Waals surface area (Å²) in [5.41, 5.74) is 2.53. The molecular weight excluding hydrogens is 505 g/mol. The highest BCUT2D eigenvalue weighted by Gasteiger charge is 2.25. The van der Waals surface area contributed by atoms with Gasteiger partial charge >= 0.3 is 0 Å². The number of aliphatic imine (C=N–C) groups is 1. The molecule has 5 rings (SSSR count). The Labute approximate surface area is 216 Å². The Morgan fingerprint density at radius 3 is 2.60 bits per heavy atom. The normalized spacial score (nSPS) is 19.1. The van der Waals surface area contributed by atoms with E-state index in [9.17, 15) is 9.59 Å². The lowest BCUT2D eigenvalue weighted by Crippen LogP contribution is -2.47. The van der Waals surface area contributed by atoms with E-state index in [2.05, 4.69) is 27.2 Å². The number of para-hydroxylation sites is 1. The Bertz CT molecular complexity index is 1380. The topological polar surface area (TPSA) is 77.9 Å². The monoisotopic (exact) mass is 525 g/mol. The van der Waals surface area contributed by atoms with Crippen LogP contribution in [-0.2, 0) is 4.79 Å². The number of hydrogen-bond acceptors (Lipinski definition) is 6. The second-order valence-corrected chi connectivity index (χ2v) is 10.1. The van der Waals surface area contributed by atoms with Gasteiger partial charge in [-0.05, 0) is 60.8 Å². The van der Waals surface area contributed by atoms with Crippen LogP contribution >= 0.6 is 35.0 Å². The maximum absolute atomic E-state index is 13.3. The molecule has 1 N–H and O–H groups in total. The summed E-state index contributed by atoms with van der Waals surface area (Å²) in [5.74, 6) is -0.272. The fourth-order valence-electron chi connectivity index (χ4n) is 3.95. The molecule has 35 heavy (non-hydrogen) atoms. The van der Waals surface area contributed by atoms with Gasteiger partial charge in [-0.25, -0.2) is 4.99 Å². The van der Waals surface area contributed by atoms with Crippen LogP contribution < -0.4 is 5.32 Å². The van der Waals surface area contributed by atoms with Crippen molar-refractivity contribution in [3.63, 3.8) is 0 Å². The Balaban J connectivity index is 1.44. The number of aromatic nitrogens is 1. The first kappa shape index (κ1) is 23.8. The van der Waals surface area contributed by atoms with E-state index in [0.29, 0.717) is 44.5 Å². The van der Waals surface area contributed by atoms with Crippen molar-refractivity contribution >= 4 is 74.6 Å². The number of rotatable bonds is 3. The minimum Gasteiger partial charge on any atom is -0.336 e. The lowest BCUT2D eigenvalue weighted by Gasteiger charge is -2.32. The number of benzene rings is 2. The number of carbonyl (C=O) groups is 2. The molecule has 2 aromatic carbocycles. The number of carbonyl (C=O) groups excluding carboxylic acids is 2. The number of pyridine rings is 1. The van der Waals surface area contributed by atoms with Gasteiger partial charge in [0, 0.05) is 37.8 Å². The fourth-order valence-corrected chi connectivity index (χ4v) is 5.26. The van der Waals surface area contributed by atoms with Crippen LogP contribution in [0, 0.1) is 0 Å². The number of halogens is 2. The maximum Gasteiger partial charge on any atom is 0.264 e. The zero-order chi connectivity index (χ0) is 24.5. The molecule has 0 aliphatic carbocycles. The van der Waals surface area contributed by atoms with E-state index in [1.165, 1.54) is 11.8 Å². The van der Waals surface area contributed by atoms with Crippen molar-refractivity contribution in [3.05, 3.63) is 74.7 Å². The molecule has 1 aromatic heterocycles. The Morgan fingerprint density at radius 1 is 1.11 bits per heavy atom. The molecule has 10 heteroatoms. The molecular formula is C25H21Cl2N5O2S. The second kappa shape index (κ2) is 9.99. The quantitative estimate of drug-likeness (QED) is 0.496. The first-order valence-corrected chi connectivity index (χ1v) is 12.6. The molecule has 2 amide bonds. The third-order valence-electron chi connectivity index (χ3n) is 5.89. The lowest BCUT2D eigenvalue weighted by atomic mass is 10.0. The highest BCUT2D eigenvalue weighted by molar-refractivity contribution is 8.18. The number of nitrogens with zero attached hydrogens (tertiary/aromatic N) is 4. The molecule has 2 aliphatic heterocycles. The van der Waals surface area contributed by atoms with Crippen molar-refractivity contribution in [1.29, 1.82) is 0 Å². The maximum atomic E-state index is 13.3. The van der Waals surface area contributed by atoms with Crippen molar-refractivity contribution in [2.45, 2.75) is 0 Å². The average Bonchev–Trinajstić information content (AvgIpc) is 3.19. The molecule has 0 bridgehead atoms. The van der Waals surface area contributed by atoms with E-state index in [0.717, 1.165) is 29.6 Å². The van der Waals surface area contributed by atoms with Crippen molar-refractivity contribution in [2.75, 3.05) is 33.2 Å². The second-order valence-electron chi connectivity index (χ2n) is 8.28. The van der Waals surface area contributed by atoms with Gasteiger partial charge in [-0.2, -0.15) is 0 Å². The van der Waals surface area contributed by atoms with E-state index in [1.54, 1.807) is 36.5 Å². The van der Waals surface area contributed by atoms with Gasteiger partial charge in [0.15, 0.2) is 5.17 Å². The van der Waals surface area contributed by atoms with Crippen molar-refractivity contribution < 1.29 is 9.59 Å². The van der Waals surface area contributed by atoms with Gasteiger partial charge < -0.3 is 15.1 Å². The molecule has 3 heterocycles. The van der Waals surface area contributed by atoms with Gasteiger partial charge in [0.05, 0.1) is 26.0 Å². The number of thioether (sulfide) groups is 1. The third kappa shape index (κ3) is 5.06. The van der Waals surface area contributed by atoms with Gasteiger partial charge in [-0.15, -0.1) is 0 Å². The number of piperazine rings is 1. The minimum atomic E-state index is -0.267. The number of nitrogens with one attached hydrogen (secondary N) is 1. The zero-order valence-electron chi connectivity index (χ0n) is 18.8. The molecule has 0 atom stereocenters. The van der Waals surface area contributed by atoms with Gasteiger partial charge in [0.25, 0.3) is 11.8 Å². The number of fused-ring (bicyclic) bond motifs is 1. The van der Waals surface area contributed by atoms with E-state index in [1.807, 2.05) is 23.1 Å². The number of amidine groups is 1. The molecule has 3 aromatic rings. The third-order valence-corrected chi connectivity index (χ3v) is 7.41. The molecule has 0 radical (unpaired) electrons. The summed E-state index contributed by atoms with van der Waals surface area (Å²) in [6.07, 6.45) is 3.43. The van der Waals surface area contributed by atoms with Gasteiger partial charge in [-0.3, -0.25) is 14.6 Å². The predicted octanol–water partition coefficient (Wildman–Crippen LogP) is 4.82. The van der Waals surface area contributed by atoms with Crippen LogP contribution in [0.5, 0.6) is 0 Å². The molecule has 178 valence electrons. The summed E-state index contributed by atoms with van der Waals surface area (Å²) in [6, 6.07) is 12.5. The standard InChI is InChI=1S/C25H21Cl2N5O2S/c1-31-9-11-32(12-10-31)24(34)16-7-8-28-20-6-5-15(13-17(16)20)14-21-23(33)30-25(35-21)29-22-18(26)3-2-4-19(22)27/h2-8,13-14H,9-12H2,1H3,(H,29,30,33)/b21-14-. The molecule has 2 saturated heterocycles. The Kier molecular flexibility index (Phi) is 6.80. The molecule has 0 unspecified atom stereocenters. The van der Waals surface area contributed by atoms with E-state index in [4.69, 9.17) is 23.2 Å². The summed E-state index contributed by atoms with van der Waals surface area (Å²) in [7, 11) is 2.06. The summed E-state index contributed by atoms with van der Waals surface area (Å²) in [4.78, 5) is 39.3. The zero-order valence-corrected chi connectivity index (χ0v) is 21.1. The number of hydrogen-bond donors (Lipinski definition) is 1. The van der Waals surface area contributed by atoms with Crippen molar-refractivity contribution in [1.82, 2.24) is 20.1 Å². The van der Waals surface area contributed by atoms with Crippen LogP contribution in [0.4, 0.5) is 5.69 Å². The van der Waals surface area contributed by atoms with Gasteiger partial charge in [-0.1, -0.05) is 35.3 Å². The Hall–Kier alpha value is -2.91. The largest absolute Gasteiger partial charge is 0.336 e. The minimum absolute atomic E-state index is 0.00525. The van der Waals surface area contributed by atoms with Crippen LogP contribution in [0.3, 0.4) is 0 Å². The molecule has 2 fully saturated rings. The SMILES string of the molecule is CN1CCN(C(=O)c2ccnc3ccc(/C=C4\SC(=Nc5c(Cl)cccc5Cl)NC4=O)cc23)CC1. The first-order chi connectivity index (χ1) is 16.9. The van der Waals surface area contributed by atoms with Crippen LogP contribution in [0.25, 0.3) is 17.0 Å². The lowest BCUT2D eigenvalue weighted by molar-refractivity contribution is -0.115. The van der Waals surface area contributed by atoms with Gasteiger partial charge in [0.1, 0.15) is 5.69 Å². The Morgan fingerprint density at radius 2 is 1.86 bits per heavy atom. The van der Waals surface area contributed by atoms with Crippen molar-refractivity contribution in [2.24, 2.45) is 4.99 Å². The van der Waals surface area contributed by atoms with Crippen LogP contribution in [-0.4, -0.2) is 65.0 Å². The molecule has 7 nitrogen and oxygen atoms in total. The first-order valence-electron chi connectivity index (χ1n) is 11.0. The summed E-state index contributed by atoms with van der Waals surface area (Å²) in [6.45, 7) is 3.08. The smallest absolute Gasteiger partial charge is 0.264 e. The van der Waals surface area contributed by atoms with Crippen molar-refractivity contribution in [3.8, 4) is 0 Å². The molecule has 2 aliphatic rings. The van der Waals surface area contributed by atoms with Crippen LogP contribution in [0.1, 0.15) is 15.9 Å². The summed E-state index contributed by atoms with van der Waals surface area (Å²) >= 11 is 13.6. The van der Waals surface area contributed by atoms with Crippen LogP contribution in [0.15, 0.2) is 58.6 Å². The van der Waals surface area contributed by atoms with E-state index < -0.39 is 0 Å². The average molecular weight is 526 g/mol. The fraction of sp³-hybridized carbons (Fsp3) is 0.200. The highest BCUT2D eigenvalue weighted by atomic mass is 35.5. The van der Waals surface area contributed by atoms with Crippen LogP contribution in [0.2, 0.25) is 10.0 Å². The predicted molar refractivity (Wildman–Crippen MR) is 142 cm³/mol. The number of likely N-dealkylation sites (N-methyl/N-ethyl adjacent to an activating group) is 1. The number of amides is 2. The van der Waals surface area contributed by atoms with Gasteiger partial charge in [0.2, 0.25) is 0 Å². The molecule has 0 spiro atoms. The highest BCUT2D eigenvalue weighted by Crippen LogP contribution is 2.36. The molecule has 0 saturated carbocycles. The van der Waals surface area contributed by atoms with E-state index in [-0.39, 0.29) is 11.8 Å². The summed E-state index contributed by atoms with van der Waals surface area (Å²) < 4.78 is 0. The van der Waals surface area contributed by atoms with E-state index >= 15 is 0 Å². The summed E-state index contributed by atoms with van der Waals surface area (Å²) in [5, 5.41) is 4.70.